The second-order valence-corrected chi connectivity index (χ2v) is 21.8. The van der Waals surface area contributed by atoms with Crippen molar-refractivity contribution in [3.63, 3.8) is 0 Å². The van der Waals surface area contributed by atoms with Crippen LogP contribution in [0, 0.1) is 23.7 Å². The maximum absolute atomic E-state index is 14.2. The second-order valence-electron chi connectivity index (χ2n) is 20.0. The molecule has 4 atom stereocenters. The molecule has 18 nitrogen and oxygen atoms in total. The third-order valence-corrected chi connectivity index (χ3v) is 15.1. The molecule has 20 heteroatoms. The number of β-amino-alcohol motifs (C(OH)–C–C–N with tert-alkyl or cyclic N) is 1. The van der Waals surface area contributed by atoms with Crippen LogP contribution in [0.3, 0.4) is 0 Å². The Balaban J connectivity index is 0.781. The van der Waals surface area contributed by atoms with E-state index < -0.39 is 29.5 Å². The number of hydrogen-bond acceptors (Lipinski definition) is 15. The molecule has 72 heavy (non-hydrogen) atoms. The Morgan fingerprint density at radius 3 is 2.36 bits per heavy atom. The van der Waals surface area contributed by atoms with Crippen LogP contribution in [-0.2, 0) is 19.2 Å². The fourth-order valence-electron chi connectivity index (χ4n) is 9.20. The molecule has 5 aromatic heterocycles. The topological polar surface area (TPSA) is 227 Å². The number of pyridine rings is 1. The van der Waals surface area contributed by atoms with Gasteiger partial charge in [-0.05, 0) is 81.3 Å². The highest BCUT2D eigenvalue weighted by Crippen LogP contribution is 2.37. The normalized spacial score (nSPS) is 17.0. The van der Waals surface area contributed by atoms with Gasteiger partial charge in [0.2, 0.25) is 28.8 Å². The van der Waals surface area contributed by atoms with Crippen LogP contribution in [0.2, 0.25) is 0 Å². The minimum atomic E-state index is -0.919. The molecule has 4 amide bonds. The lowest BCUT2D eigenvalue weighted by Crippen LogP contribution is -2.57. The lowest BCUT2D eigenvalue weighted by molar-refractivity contribution is -0.144. The number of benzene rings is 1. The van der Waals surface area contributed by atoms with E-state index in [1.165, 1.54) is 22.4 Å². The van der Waals surface area contributed by atoms with Gasteiger partial charge in [-0.25, -0.2) is 9.50 Å². The smallest absolute Gasteiger partial charge is 0.246 e. The molecular weight excluding hydrogens is 951 g/mol. The number of nitrogens with one attached hydrogen (secondary N) is 3. The molecule has 378 valence electrons. The number of aliphatic hydroxyl groups excluding tert-OH is 1. The number of unbranched alkanes of at least 4 members (excludes halogenated alkanes) is 2. The number of likely N-dealkylation sites (tertiary alicyclic amines) is 1. The monoisotopic (exact) mass is 1010 g/mol. The van der Waals surface area contributed by atoms with Crippen LogP contribution in [0.4, 0.5) is 10.8 Å². The van der Waals surface area contributed by atoms with E-state index in [1.807, 2.05) is 87.5 Å². The number of carbonyl (C=O) groups is 4. The number of carbonyl (C=O) groups excluding carboxylic acids is 4. The number of rotatable bonds is 17. The van der Waals surface area contributed by atoms with E-state index in [0.717, 1.165) is 60.0 Å². The molecule has 0 bridgehead atoms. The number of anilines is 2. The van der Waals surface area contributed by atoms with E-state index >= 15 is 0 Å². The Hall–Kier alpha value is -6.82. The molecular formula is C52H63N13O5S2. The summed E-state index contributed by atoms with van der Waals surface area (Å²) in [4.78, 5) is 70.2. The number of piperazine rings is 1. The number of aliphatic hydroxyl groups is 1. The van der Waals surface area contributed by atoms with Crippen molar-refractivity contribution < 1.29 is 24.3 Å². The summed E-state index contributed by atoms with van der Waals surface area (Å²) in [5.41, 5.74) is 8.56. The predicted octanol–water partition coefficient (Wildman–Crippen LogP) is 7.01. The summed E-state index contributed by atoms with van der Waals surface area (Å²) in [6, 6.07) is 15.7. The van der Waals surface area contributed by atoms with Gasteiger partial charge in [0.15, 0.2) is 5.01 Å². The molecule has 0 radical (unpaired) electrons. The lowest BCUT2D eigenvalue weighted by atomic mass is 9.85. The van der Waals surface area contributed by atoms with Crippen LogP contribution in [-0.4, -0.2) is 125 Å². The van der Waals surface area contributed by atoms with Crippen LogP contribution in [0.25, 0.3) is 37.9 Å². The average molecular weight is 1010 g/mol. The number of amides is 4. The fraction of sp³-hybridized carbons (Fsp3) is 0.462. The minimum Gasteiger partial charge on any atom is -0.391 e. The third kappa shape index (κ3) is 11.9. The summed E-state index contributed by atoms with van der Waals surface area (Å²) in [5, 5.41) is 44.6. The van der Waals surface area contributed by atoms with E-state index in [2.05, 4.69) is 61.0 Å². The summed E-state index contributed by atoms with van der Waals surface area (Å²) in [5.74, 6) is -0.974. The Morgan fingerprint density at radius 1 is 0.917 bits per heavy atom. The number of aryl methyl sites for hydroxylation is 1. The Morgan fingerprint density at radius 2 is 1.67 bits per heavy atom. The van der Waals surface area contributed by atoms with E-state index in [4.69, 9.17) is 4.98 Å². The first-order valence-electron chi connectivity index (χ1n) is 24.6. The van der Waals surface area contributed by atoms with Crippen LogP contribution in [0.15, 0.2) is 66.4 Å². The molecule has 8 rings (SSSR count). The van der Waals surface area contributed by atoms with E-state index in [0.29, 0.717) is 57.4 Å². The Labute approximate surface area is 427 Å². The Kier molecular flexibility index (Phi) is 16.0. The fourth-order valence-corrected chi connectivity index (χ4v) is 10.9. The molecule has 4 N–H and O–H groups in total. The molecule has 7 heterocycles. The van der Waals surface area contributed by atoms with Crippen LogP contribution in [0.5, 0.6) is 0 Å². The standard InChI is InChI=1S/C52H63N13O5S2/c1-31(2)57-40-25-41(42-18-17-37-23-34(26-53)27-56-65(37)42)54-28-39(40)49-60-61-51(72-49)63-21-19-62(20-22-63)45(68)12-10-8-9-11-44(67)59-47(52(5,6)7)50(70)64-29-38(66)24-43(64)48(69)58-32(3)35-13-15-36(16-14-35)46-33(4)55-30-71-46/h13-18,23,25,27-28,30-32,38,43,47,66H,8-12,19-22,24,29H2,1-7H3,(H,54,57)(H,58,69)(H,59,67)/t32-,38+,43-,47+/m0/s1. The van der Waals surface area contributed by atoms with Gasteiger partial charge in [-0.3, -0.25) is 24.2 Å². The summed E-state index contributed by atoms with van der Waals surface area (Å²) >= 11 is 3.06. The van der Waals surface area contributed by atoms with Crippen molar-refractivity contribution in [1.29, 1.82) is 5.26 Å². The number of thiazole rings is 1. The number of aromatic nitrogens is 6. The van der Waals surface area contributed by atoms with Gasteiger partial charge in [0, 0.05) is 69.9 Å². The van der Waals surface area contributed by atoms with Gasteiger partial charge in [-0.15, -0.1) is 21.5 Å². The van der Waals surface area contributed by atoms with Crippen molar-refractivity contribution in [2.45, 2.75) is 117 Å². The van der Waals surface area contributed by atoms with E-state index in [-0.39, 0.29) is 49.2 Å². The number of nitrogens with zero attached hydrogens (tertiary/aromatic N) is 10. The van der Waals surface area contributed by atoms with Gasteiger partial charge in [-0.1, -0.05) is 62.8 Å². The maximum atomic E-state index is 14.2. The zero-order chi connectivity index (χ0) is 51.3. The first kappa shape index (κ1) is 51.5. The molecule has 2 aliphatic rings. The molecule has 2 saturated heterocycles. The van der Waals surface area contributed by atoms with Crippen molar-refractivity contribution >= 4 is 62.6 Å². The highest BCUT2D eigenvalue weighted by Gasteiger charge is 2.44. The molecule has 0 unspecified atom stereocenters. The summed E-state index contributed by atoms with van der Waals surface area (Å²) in [6.45, 7) is 15.9. The van der Waals surface area contributed by atoms with Crippen molar-refractivity contribution in [3.05, 3.63) is 83.3 Å². The second kappa shape index (κ2) is 22.3. The maximum Gasteiger partial charge on any atom is 0.246 e. The molecule has 1 aromatic carbocycles. The lowest BCUT2D eigenvalue weighted by Gasteiger charge is -2.35. The van der Waals surface area contributed by atoms with Gasteiger partial charge >= 0.3 is 0 Å². The molecule has 0 aliphatic carbocycles. The SMILES string of the molecule is Cc1ncsc1-c1ccc([C@H](C)NC(=O)[C@@H]2C[C@@H](O)CN2C(=O)[C@@H](NC(=O)CCCCCC(=O)N2CCN(c3nnc(-c4cnc(-c5ccc6cc(C#N)cnn56)cc4NC(C)C)s3)CC2)C(C)(C)C)cc1. The van der Waals surface area contributed by atoms with Crippen LogP contribution < -0.4 is 20.9 Å². The molecule has 0 spiro atoms. The van der Waals surface area contributed by atoms with Crippen molar-refractivity contribution in [2.75, 3.05) is 42.9 Å². The van der Waals surface area contributed by atoms with E-state index in [1.54, 1.807) is 28.1 Å². The van der Waals surface area contributed by atoms with Gasteiger partial charge in [0.05, 0.1) is 62.5 Å². The summed E-state index contributed by atoms with van der Waals surface area (Å²) in [7, 11) is 0. The quantitative estimate of drug-likeness (QED) is 0.0676. The van der Waals surface area contributed by atoms with Crippen molar-refractivity contribution in [3.8, 4) is 38.5 Å². The van der Waals surface area contributed by atoms with Gasteiger partial charge in [0.1, 0.15) is 18.2 Å². The van der Waals surface area contributed by atoms with Crippen molar-refractivity contribution in [1.82, 2.24) is 50.2 Å². The molecule has 2 fully saturated rings. The van der Waals surface area contributed by atoms with E-state index in [9.17, 15) is 29.5 Å². The number of fused-ring (bicyclic) bond motifs is 1. The largest absolute Gasteiger partial charge is 0.391 e. The zero-order valence-electron chi connectivity index (χ0n) is 41.9. The summed E-state index contributed by atoms with van der Waals surface area (Å²) in [6.07, 6.45) is 4.96. The number of nitriles is 1. The average Bonchev–Trinajstić information content (AvgIpc) is 4.19. The van der Waals surface area contributed by atoms with Crippen LogP contribution >= 0.6 is 22.7 Å². The van der Waals surface area contributed by atoms with Crippen LogP contribution in [0.1, 0.15) is 103 Å². The first-order valence-corrected chi connectivity index (χ1v) is 26.3. The van der Waals surface area contributed by atoms with Gasteiger partial charge in [-0.2, -0.15) is 10.4 Å². The first-order chi connectivity index (χ1) is 34.5. The third-order valence-electron chi connectivity index (χ3n) is 13.1. The van der Waals surface area contributed by atoms with Gasteiger partial charge in [0.25, 0.3) is 0 Å². The summed E-state index contributed by atoms with van der Waals surface area (Å²) < 4.78 is 1.77. The molecule has 0 saturated carbocycles. The minimum absolute atomic E-state index is 0.00608. The Bertz CT molecular complexity index is 2950. The highest BCUT2D eigenvalue weighted by molar-refractivity contribution is 7.18. The predicted molar refractivity (Wildman–Crippen MR) is 279 cm³/mol. The molecule has 2 aliphatic heterocycles. The zero-order valence-corrected chi connectivity index (χ0v) is 43.5. The van der Waals surface area contributed by atoms with Gasteiger partial charge < -0.3 is 35.8 Å². The highest BCUT2D eigenvalue weighted by atomic mass is 32.1. The van der Waals surface area contributed by atoms with Crippen molar-refractivity contribution in [2.24, 2.45) is 5.41 Å². The number of hydrogen-bond donors (Lipinski definition) is 4. The molecule has 6 aromatic rings.